The van der Waals surface area contributed by atoms with Crippen LogP contribution in [-0.4, -0.2) is 58.8 Å². The van der Waals surface area contributed by atoms with Crippen molar-refractivity contribution in [1.29, 1.82) is 0 Å². The van der Waals surface area contributed by atoms with Crippen LogP contribution in [0.25, 0.3) is 0 Å². The lowest BCUT2D eigenvalue weighted by Crippen LogP contribution is -2.57. The third-order valence-corrected chi connectivity index (χ3v) is 7.42. The van der Waals surface area contributed by atoms with E-state index in [2.05, 4.69) is 15.2 Å². The Morgan fingerprint density at radius 2 is 1.94 bits per heavy atom. The van der Waals surface area contributed by atoms with Crippen LogP contribution in [0.3, 0.4) is 0 Å². The van der Waals surface area contributed by atoms with E-state index in [1.54, 1.807) is 11.3 Å². The summed E-state index contributed by atoms with van der Waals surface area (Å²) < 4.78 is 0. The summed E-state index contributed by atoms with van der Waals surface area (Å²) >= 11 is 1.55. The number of nitrogens with zero attached hydrogens (tertiary/aromatic N) is 3. The van der Waals surface area contributed by atoms with Gasteiger partial charge >= 0.3 is 0 Å². The van der Waals surface area contributed by atoms with E-state index in [-0.39, 0.29) is 23.8 Å². The van der Waals surface area contributed by atoms with Crippen molar-refractivity contribution >= 4 is 23.2 Å². The van der Waals surface area contributed by atoms with Crippen molar-refractivity contribution in [1.82, 2.24) is 20.1 Å². The van der Waals surface area contributed by atoms with Gasteiger partial charge in [-0.15, -0.1) is 11.3 Å². The Balaban J connectivity index is 1.58. The Hall–Kier alpha value is -2.25. The number of thiophene rings is 1. The molecule has 0 unspecified atom stereocenters. The summed E-state index contributed by atoms with van der Waals surface area (Å²) in [5.74, 6) is 0.148. The predicted molar refractivity (Wildman–Crippen MR) is 123 cm³/mol. The minimum atomic E-state index is -0.0888. The summed E-state index contributed by atoms with van der Waals surface area (Å²) in [5, 5.41) is 3.17. The van der Waals surface area contributed by atoms with Gasteiger partial charge in [0, 0.05) is 49.5 Å². The van der Waals surface area contributed by atoms with Crippen molar-refractivity contribution in [2.75, 3.05) is 26.2 Å². The zero-order valence-electron chi connectivity index (χ0n) is 18.3. The standard InChI is InChI=1S/C24H32N4O2S/c1-18-6-7-22(31-18)24(30)28-15-10-20-21(17-28)27(16-19-8-12-25-13-9-19)14-5-3-2-4-11-26-23(20)29/h6-9,12-13,20-21H,2-5,10-11,14-17H2,1H3,(H,26,29)/t20-,21-/m1/s1. The molecule has 4 rings (SSSR count). The first-order valence-corrected chi connectivity index (χ1v) is 12.2. The van der Waals surface area contributed by atoms with Crippen LogP contribution in [0, 0.1) is 12.8 Å². The van der Waals surface area contributed by atoms with Gasteiger partial charge in [-0.3, -0.25) is 19.5 Å². The molecule has 0 radical (unpaired) electrons. The van der Waals surface area contributed by atoms with E-state index in [4.69, 9.17) is 0 Å². The number of hydrogen-bond donors (Lipinski definition) is 1. The quantitative estimate of drug-likeness (QED) is 0.794. The summed E-state index contributed by atoms with van der Waals surface area (Å²) in [6.07, 6.45) is 8.80. The first-order valence-electron chi connectivity index (χ1n) is 11.4. The summed E-state index contributed by atoms with van der Waals surface area (Å²) in [6.45, 7) is 5.72. The zero-order valence-corrected chi connectivity index (χ0v) is 19.1. The summed E-state index contributed by atoms with van der Waals surface area (Å²) in [4.78, 5) is 36.7. The molecule has 1 N–H and O–H groups in total. The number of rotatable bonds is 3. The maximum absolute atomic E-state index is 13.2. The van der Waals surface area contributed by atoms with Gasteiger partial charge in [0.2, 0.25) is 5.91 Å². The molecule has 4 heterocycles. The fourth-order valence-corrected chi connectivity index (χ4v) is 5.55. The van der Waals surface area contributed by atoms with Crippen molar-refractivity contribution in [3.05, 3.63) is 52.0 Å². The molecule has 0 aliphatic carbocycles. The van der Waals surface area contributed by atoms with Crippen LogP contribution < -0.4 is 5.32 Å². The third-order valence-electron chi connectivity index (χ3n) is 6.43. The van der Waals surface area contributed by atoms with E-state index in [9.17, 15) is 9.59 Å². The lowest BCUT2D eigenvalue weighted by Gasteiger charge is -2.43. The van der Waals surface area contributed by atoms with Crippen molar-refractivity contribution in [2.24, 2.45) is 5.92 Å². The van der Waals surface area contributed by atoms with Crippen LogP contribution in [-0.2, 0) is 11.3 Å². The molecule has 2 aliphatic rings. The summed E-state index contributed by atoms with van der Waals surface area (Å²) in [6, 6.07) is 8.03. The number of aryl methyl sites for hydroxylation is 1. The highest BCUT2D eigenvalue weighted by Crippen LogP contribution is 2.28. The lowest BCUT2D eigenvalue weighted by molar-refractivity contribution is -0.129. The highest BCUT2D eigenvalue weighted by Gasteiger charge is 2.39. The molecule has 2 fully saturated rings. The molecular formula is C24H32N4O2S. The zero-order chi connectivity index (χ0) is 21.6. The van der Waals surface area contributed by atoms with Crippen LogP contribution in [0.4, 0.5) is 0 Å². The van der Waals surface area contributed by atoms with E-state index in [1.165, 1.54) is 5.56 Å². The number of carbonyl (C=O) groups excluding carboxylic acids is 2. The maximum Gasteiger partial charge on any atom is 0.263 e. The van der Waals surface area contributed by atoms with Crippen LogP contribution in [0.2, 0.25) is 0 Å². The van der Waals surface area contributed by atoms with Crippen molar-refractivity contribution in [3.63, 3.8) is 0 Å². The molecule has 0 bridgehead atoms. The maximum atomic E-state index is 13.2. The van der Waals surface area contributed by atoms with Crippen LogP contribution >= 0.6 is 11.3 Å². The second-order valence-electron chi connectivity index (χ2n) is 8.66. The number of piperidine rings is 1. The van der Waals surface area contributed by atoms with Gasteiger partial charge < -0.3 is 10.2 Å². The highest BCUT2D eigenvalue weighted by molar-refractivity contribution is 7.13. The molecule has 31 heavy (non-hydrogen) atoms. The minimum absolute atomic E-state index is 0.0185. The van der Waals surface area contributed by atoms with Gasteiger partial charge in [-0.1, -0.05) is 12.8 Å². The molecule has 2 atom stereocenters. The number of nitrogens with one attached hydrogen (secondary N) is 1. The van der Waals surface area contributed by atoms with Gasteiger partial charge in [0.25, 0.3) is 5.91 Å². The third kappa shape index (κ3) is 5.52. The van der Waals surface area contributed by atoms with Crippen molar-refractivity contribution in [2.45, 2.75) is 51.6 Å². The number of hydrogen-bond acceptors (Lipinski definition) is 5. The van der Waals surface area contributed by atoms with E-state index in [0.717, 1.165) is 55.1 Å². The molecule has 2 aromatic rings. The monoisotopic (exact) mass is 440 g/mol. The Morgan fingerprint density at radius 1 is 1.13 bits per heavy atom. The number of likely N-dealkylation sites (tertiary alicyclic amines) is 1. The fourth-order valence-electron chi connectivity index (χ4n) is 4.72. The number of pyridine rings is 1. The molecule has 0 aromatic carbocycles. The van der Waals surface area contributed by atoms with E-state index < -0.39 is 0 Å². The van der Waals surface area contributed by atoms with Gasteiger partial charge in [0.15, 0.2) is 0 Å². The minimum Gasteiger partial charge on any atom is -0.356 e. The normalized spacial score (nSPS) is 23.5. The molecule has 2 saturated heterocycles. The predicted octanol–water partition coefficient (Wildman–Crippen LogP) is 3.47. The van der Waals surface area contributed by atoms with Gasteiger partial charge in [-0.2, -0.15) is 0 Å². The number of amides is 2. The second kappa shape index (κ2) is 10.4. The first kappa shape index (κ1) is 22.0. The second-order valence-corrected chi connectivity index (χ2v) is 9.94. The van der Waals surface area contributed by atoms with Crippen LogP contribution in [0.1, 0.15) is 52.2 Å². The van der Waals surface area contributed by atoms with E-state index >= 15 is 0 Å². The SMILES string of the molecule is Cc1ccc(C(=O)N2CC[C@H]3C(=O)NCCCCCCN(Cc4ccncc4)[C@@H]3C2)s1. The Morgan fingerprint density at radius 3 is 2.71 bits per heavy atom. The number of carbonyl (C=O) groups is 2. The van der Waals surface area contributed by atoms with E-state index in [1.807, 2.05) is 48.5 Å². The van der Waals surface area contributed by atoms with Gasteiger partial charge in [-0.25, -0.2) is 0 Å². The van der Waals surface area contributed by atoms with Gasteiger partial charge in [-0.05, 0) is 62.6 Å². The largest absolute Gasteiger partial charge is 0.356 e. The summed E-state index contributed by atoms with van der Waals surface area (Å²) in [5.41, 5.74) is 1.20. The molecule has 166 valence electrons. The molecular weight excluding hydrogens is 408 g/mol. The van der Waals surface area contributed by atoms with Crippen molar-refractivity contribution < 1.29 is 9.59 Å². The fraction of sp³-hybridized carbons (Fsp3) is 0.542. The molecule has 2 amide bonds. The van der Waals surface area contributed by atoms with E-state index in [0.29, 0.717) is 19.5 Å². The number of aromatic nitrogens is 1. The van der Waals surface area contributed by atoms with Crippen molar-refractivity contribution in [3.8, 4) is 0 Å². The molecule has 7 heteroatoms. The Labute approximate surface area is 188 Å². The average Bonchev–Trinajstić information content (AvgIpc) is 3.22. The van der Waals surface area contributed by atoms with Gasteiger partial charge in [0.1, 0.15) is 0 Å². The Kier molecular flexibility index (Phi) is 7.35. The molecule has 2 aliphatic heterocycles. The number of fused-ring (bicyclic) bond motifs is 1. The highest BCUT2D eigenvalue weighted by atomic mass is 32.1. The molecule has 2 aromatic heterocycles. The average molecular weight is 441 g/mol. The first-order chi connectivity index (χ1) is 15.1. The van der Waals surface area contributed by atoms with Crippen LogP contribution in [0.5, 0.6) is 0 Å². The molecule has 6 nitrogen and oxygen atoms in total. The lowest BCUT2D eigenvalue weighted by atomic mass is 9.88. The van der Waals surface area contributed by atoms with Crippen LogP contribution in [0.15, 0.2) is 36.7 Å². The smallest absolute Gasteiger partial charge is 0.263 e. The van der Waals surface area contributed by atoms with Gasteiger partial charge in [0.05, 0.1) is 10.8 Å². The Bertz CT molecular complexity index is 885. The molecule has 0 spiro atoms. The molecule has 0 saturated carbocycles. The topological polar surface area (TPSA) is 65.5 Å². The summed E-state index contributed by atoms with van der Waals surface area (Å²) in [7, 11) is 0.